The van der Waals surface area contributed by atoms with E-state index in [9.17, 15) is 23.1 Å². The zero-order chi connectivity index (χ0) is 17.1. The lowest BCUT2D eigenvalue weighted by Crippen LogP contribution is -2.31. The second kappa shape index (κ2) is 6.83. The Balaban J connectivity index is 2.25. The molecule has 0 bridgehead atoms. The van der Waals surface area contributed by atoms with Crippen LogP contribution in [0.1, 0.15) is 33.1 Å². The molecule has 0 fully saturated rings. The Labute approximate surface area is 131 Å². The van der Waals surface area contributed by atoms with Gasteiger partial charge in [-0.2, -0.15) is 0 Å². The lowest BCUT2D eigenvalue weighted by molar-refractivity contribution is 0.0915. The standard InChI is InChI=1S/C17H16F3NO2/c1-9-3-4-11(5-10(9)2)17(23)21-15(8-22)12-6-13(18)16(20)14(19)7-12/h3-7,15,22H,8H2,1-2H3,(H,21,23). The van der Waals surface area contributed by atoms with E-state index in [4.69, 9.17) is 0 Å². The molecule has 2 N–H and O–H groups in total. The summed E-state index contributed by atoms with van der Waals surface area (Å²) in [6.07, 6.45) is 0. The number of rotatable bonds is 4. The van der Waals surface area contributed by atoms with E-state index < -0.39 is 36.0 Å². The van der Waals surface area contributed by atoms with Gasteiger partial charge in [-0.05, 0) is 54.8 Å². The Morgan fingerprint density at radius 3 is 2.22 bits per heavy atom. The average molecular weight is 323 g/mol. The topological polar surface area (TPSA) is 49.3 Å². The van der Waals surface area contributed by atoms with Crippen LogP contribution in [0.25, 0.3) is 0 Å². The molecule has 1 unspecified atom stereocenters. The summed E-state index contributed by atoms with van der Waals surface area (Å²) in [7, 11) is 0. The van der Waals surface area contributed by atoms with E-state index in [0.717, 1.165) is 23.3 Å². The molecule has 2 aromatic rings. The number of carbonyl (C=O) groups is 1. The Morgan fingerprint density at radius 1 is 1.09 bits per heavy atom. The quantitative estimate of drug-likeness (QED) is 0.849. The van der Waals surface area contributed by atoms with Gasteiger partial charge in [-0.3, -0.25) is 4.79 Å². The minimum absolute atomic E-state index is 0.0546. The number of aliphatic hydroxyl groups is 1. The fraction of sp³-hybridized carbons (Fsp3) is 0.235. The molecular formula is C17H16F3NO2. The van der Waals surface area contributed by atoms with Crippen molar-refractivity contribution in [2.75, 3.05) is 6.61 Å². The number of carbonyl (C=O) groups excluding carboxylic acids is 1. The first-order valence-electron chi connectivity index (χ1n) is 6.97. The maximum atomic E-state index is 13.3. The number of halogens is 3. The summed E-state index contributed by atoms with van der Waals surface area (Å²) in [5.74, 6) is -4.85. The maximum Gasteiger partial charge on any atom is 0.251 e. The first-order chi connectivity index (χ1) is 10.8. The molecule has 0 aliphatic heterocycles. The predicted octanol–water partition coefficient (Wildman–Crippen LogP) is 3.18. The van der Waals surface area contributed by atoms with Crippen molar-refractivity contribution in [1.29, 1.82) is 0 Å². The third kappa shape index (κ3) is 3.71. The summed E-state index contributed by atoms with van der Waals surface area (Å²) in [6, 6.07) is 5.51. The minimum atomic E-state index is -1.59. The smallest absolute Gasteiger partial charge is 0.251 e. The molecule has 1 amide bonds. The number of nitrogens with one attached hydrogen (secondary N) is 1. The van der Waals surface area contributed by atoms with Crippen LogP contribution < -0.4 is 5.32 Å². The number of aliphatic hydroxyl groups excluding tert-OH is 1. The van der Waals surface area contributed by atoms with Gasteiger partial charge >= 0.3 is 0 Å². The van der Waals surface area contributed by atoms with Gasteiger partial charge in [0.2, 0.25) is 0 Å². The number of amides is 1. The normalized spacial score (nSPS) is 12.1. The first kappa shape index (κ1) is 17.0. The summed E-state index contributed by atoms with van der Waals surface area (Å²) < 4.78 is 39.6. The highest BCUT2D eigenvalue weighted by Crippen LogP contribution is 2.20. The number of benzene rings is 2. The predicted molar refractivity (Wildman–Crippen MR) is 79.5 cm³/mol. The van der Waals surface area contributed by atoms with Crippen LogP contribution in [-0.4, -0.2) is 17.6 Å². The van der Waals surface area contributed by atoms with Gasteiger partial charge in [0.1, 0.15) is 0 Å². The van der Waals surface area contributed by atoms with E-state index in [0.29, 0.717) is 5.56 Å². The summed E-state index contributed by atoms with van der Waals surface area (Å²) in [5.41, 5.74) is 2.23. The van der Waals surface area contributed by atoms with E-state index in [-0.39, 0.29) is 5.56 Å². The summed E-state index contributed by atoms with van der Waals surface area (Å²) in [4.78, 5) is 12.2. The molecule has 0 radical (unpaired) electrons. The Bertz CT molecular complexity index is 724. The highest BCUT2D eigenvalue weighted by atomic mass is 19.2. The van der Waals surface area contributed by atoms with Crippen molar-refractivity contribution in [3.8, 4) is 0 Å². The van der Waals surface area contributed by atoms with E-state index in [2.05, 4.69) is 5.32 Å². The average Bonchev–Trinajstić information content (AvgIpc) is 2.52. The molecule has 23 heavy (non-hydrogen) atoms. The molecule has 0 aliphatic carbocycles. The van der Waals surface area contributed by atoms with Crippen molar-refractivity contribution in [1.82, 2.24) is 5.32 Å². The van der Waals surface area contributed by atoms with Gasteiger partial charge in [0.25, 0.3) is 5.91 Å². The molecule has 0 heterocycles. The van der Waals surface area contributed by atoms with Gasteiger partial charge in [0.15, 0.2) is 17.5 Å². The van der Waals surface area contributed by atoms with Crippen LogP contribution in [0.4, 0.5) is 13.2 Å². The maximum absolute atomic E-state index is 13.3. The lowest BCUT2D eigenvalue weighted by atomic mass is 10.0. The molecule has 122 valence electrons. The van der Waals surface area contributed by atoms with Crippen molar-refractivity contribution in [2.24, 2.45) is 0 Å². The van der Waals surface area contributed by atoms with Crippen LogP contribution in [0.3, 0.4) is 0 Å². The zero-order valence-electron chi connectivity index (χ0n) is 12.7. The molecule has 3 nitrogen and oxygen atoms in total. The molecule has 0 saturated carbocycles. The van der Waals surface area contributed by atoms with E-state index in [1.165, 1.54) is 0 Å². The Hall–Kier alpha value is -2.34. The molecule has 6 heteroatoms. The molecule has 0 aliphatic rings. The van der Waals surface area contributed by atoms with Crippen LogP contribution in [0.15, 0.2) is 30.3 Å². The van der Waals surface area contributed by atoms with Crippen molar-refractivity contribution >= 4 is 5.91 Å². The second-order valence-electron chi connectivity index (χ2n) is 5.31. The molecule has 1 atom stereocenters. The monoisotopic (exact) mass is 323 g/mol. The van der Waals surface area contributed by atoms with Gasteiger partial charge in [-0.15, -0.1) is 0 Å². The number of hydrogen-bond donors (Lipinski definition) is 2. The van der Waals surface area contributed by atoms with Gasteiger partial charge in [-0.25, -0.2) is 13.2 Å². The molecule has 2 rings (SSSR count). The van der Waals surface area contributed by atoms with Crippen molar-refractivity contribution < 1.29 is 23.1 Å². The lowest BCUT2D eigenvalue weighted by Gasteiger charge is -2.17. The molecule has 0 saturated heterocycles. The van der Waals surface area contributed by atoms with Gasteiger partial charge in [0, 0.05) is 5.56 Å². The summed E-state index contributed by atoms with van der Waals surface area (Å²) in [5, 5.41) is 11.8. The molecule has 0 aromatic heterocycles. The van der Waals surface area contributed by atoms with Gasteiger partial charge < -0.3 is 10.4 Å². The third-order valence-electron chi connectivity index (χ3n) is 3.67. The van der Waals surface area contributed by atoms with Crippen LogP contribution in [0.5, 0.6) is 0 Å². The van der Waals surface area contributed by atoms with Gasteiger partial charge in [0.05, 0.1) is 12.6 Å². The van der Waals surface area contributed by atoms with Crippen molar-refractivity contribution in [2.45, 2.75) is 19.9 Å². The van der Waals surface area contributed by atoms with Crippen LogP contribution in [-0.2, 0) is 0 Å². The largest absolute Gasteiger partial charge is 0.394 e. The molecule has 0 spiro atoms. The highest BCUT2D eigenvalue weighted by Gasteiger charge is 2.19. The van der Waals surface area contributed by atoms with Crippen LogP contribution in [0.2, 0.25) is 0 Å². The zero-order valence-corrected chi connectivity index (χ0v) is 12.7. The van der Waals surface area contributed by atoms with Crippen molar-refractivity contribution in [3.05, 3.63) is 70.0 Å². The van der Waals surface area contributed by atoms with E-state index in [1.54, 1.807) is 18.2 Å². The van der Waals surface area contributed by atoms with Crippen LogP contribution >= 0.6 is 0 Å². The van der Waals surface area contributed by atoms with Crippen LogP contribution in [0, 0.1) is 31.3 Å². The summed E-state index contributed by atoms with van der Waals surface area (Å²) in [6.45, 7) is 3.17. The van der Waals surface area contributed by atoms with Crippen molar-refractivity contribution in [3.63, 3.8) is 0 Å². The fourth-order valence-corrected chi connectivity index (χ4v) is 2.13. The van der Waals surface area contributed by atoms with E-state index in [1.807, 2.05) is 13.8 Å². The third-order valence-corrected chi connectivity index (χ3v) is 3.67. The summed E-state index contributed by atoms with van der Waals surface area (Å²) >= 11 is 0. The minimum Gasteiger partial charge on any atom is -0.394 e. The van der Waals surface area contributed by atoms with E-state index >= 15 is 0 Å². The Morgan fingerprint density at radius 2 is 1.70 bits per heavy atom. The fourth-order valence-electron chi connectivity index (χ4n) is 2.13. The first-order valence-corrected chi connectivity index (χ1v) is 6.97. The Kier molecular flexibility index (Phi) is 5.05. The molecular weight excluding hydrogens is 307 g/mol. The highest BCUT2D eigenvalue weighted by molar-refractivity contribution is 5.94. The molecule has 2 aromatic carbocycles. The number of hydrogen-bond acceptors (Lipinski definition) is 2. The number of aryl methyl sites for hydroxylation is 2. The SMILES string of the molecule is Cc1ccc(C(=O)NC(CO)c2cc(F)c(F)c(F)c2)cc1C. The van der Waals surface area contributed by atoms with Gasteiger partial charge in [-0.1, -0.05) is 6.07 Å². The second-order valence-corrected chi connectivity index (χ2v) is 5.31.